The number of piperidine rings is 1. The lowest BCUT2D eigenvalue weighted by molar-refractivity contribution is 0.00947. The summed E-state index contributed by atoms with van der Waals surface area (Å²) in [5.74, 6) is 0. The second kappa shape index (κ2) is 7.56. The number of ether oxygens (including phenoxy) is 1. The van der Waals surface area contributed by atoms with Crippen LogP contribution in [0, 0.1) is 0 Å². The highest BCUT2D eigenvalue weighted by Gasteiger charge is 2.31. The quantitative estimate of drug-likeness (QED) is 0.725. The van der Waals surface area contributed by atoms with E-state index in [0.717, 1.165) is 36.4 Å². The highest BCUT2D eigenvalue weighted by atomic mass is 32.2. The van der Waals surface area contributed by atoms with Gasteiger partial charge in [0, 0.05) is 18.0 Å². The molecule has 1 aromatic rings. The van der Waals surface area contributed by atoms with Crippen LogP contribution in [0.4, 0.5) is 4.79 Å². The van der Waals surface area contributed by atoms with E-state index >= 15 is 0 Å². The number of hydrogen-bond donors (Lipinski definition) is 0. The predicted molar refractivity (Wildman–Crippen MR) is 94.8 cm³/mol. The highest BCUT2D eigenvalue weighted by molar-refractivity contribution is 7.99. The smallest absolute Gasteiger partial charge is 0.410 e. The van der Waals surface area contributed by atoms with Crippen LogP contribution in [0.15, 0.2) is 23.4 Å². The molecule has 1 atom stereocenters. The highest BCUT2D eigenvalue weighted by Crippen LogP contribution is 2.32. The molecule has 1 fully saturated rings. The fourth-order valence-electron chi connectivity index (χ4n) is 2.72. The molecule has 1 amide bonds. The molecule has 2 heterocycles. The average Bonchev–Trinajstić information content (AvgIpc) is 2.46. The molecule has 0 unspecified atom stereocenters. The van der Waals surface area contributed by atoms with Crippen LogP contribution in [-0.4, -0.2) is 33.4 Å². The summed E-state index contributed by atoms with van der Waals surface area (Å²) in [5, 5.41) is 1.55. The third-order valence-electron chi connectivity index (χ3n) is 3.63. The molecular weight excluding hydrogens is 308 g/mol. The Kier molecular flexibility index (Phi) is 5.95. The molecule has 0 spiro atoms. The number of pyridine rings is 1. The Hall–Kier alpha value is -1.23. The van der Waals surface area contributed by atoms with E-state index < -0.39 is 5.60 Å². The number of nitrogens with zero attached hydrogens (tertiary/aromatic N) is 2. The zero-order valence-electron chi connectivity index (χ0n) is 14.8. The fourth-order valence-corrected chi connectivity index (χ4v) is 3.46. The Morgan fingerprint density at radius 2 is 2.09 bits per heavy atom. The summed E-state index contributed by atoms with van der Waals surface area (Å²) >= 11 is 1.75. The van der Waals surface area contributed by atoms with Gasteiger partial charge in [-0.25, -0.2) is 9.78 Å². The number of carbonyl (C=O) groups is 1. The Morgan fingerprint density at radius 1 is 1.35 bits per heavy atom. The minimum Gasteiger partial charge on any atom is -0.444 e. The van der Waals surface area contributed by atoms with Gasteiger partial charge in [-0.15, -0.1) is 11.8 Å². The van der Waals surface area contributed by atoms with Crippen LogP contribution in [-0.2, 0) is 4.74 Å². The van der Waals surface area contributed by atoms with Crippen molar-refractivity contribution >= 4 is 17.9 Å². The van der Waals surface area contributed by atoms with Crippen molar-refractivity contribution in [3.63, 3.8) is 0 Å². The SMILES string of the molecule is CC(C)Sc1ccc([C@@H]2CCCCN2C(=O)OC(C)(C)C)cn1. The van der Waals surface area contributed by atoms with E-state index in [4.69, 9.17) is 4.74 Å². The van der Waals surface area contributed by atoms with Crippen molar-refractivity contribution in [2.24, 2.45) is 0 Å². The van der Waals surface area contributed by atoms with Crippen LogP contribution in [0.1, 0.15) is 65.5 Å². The van der Waals surface area contributed by atoms with Gasteiger partial charge in [0.2, 0.25) is 0 Å². The van der Waals surface area contributed by atoms with Crippen LogP contribution >= 0.6 is 11.8 Å². The first-order chi connectivity index (χ1) is 10.8. The summed E-state index contributed by atoms with van der Waals surface area (Å²) in [4.78, 5) is 18.9. The molecule has 0 N–H and O–H groups in total. The molecule has 4 nitrogen and oxygen atoms in total. The molecule has 2 rings (SSSR count). The predicted octanol–water partition coefficient (Wildman–Crippen LogP) is 5.04. The maximum atomic E-state index is 12.5. The van der Waals surface area contributed by atoms with Gasteiger partial charge in [-0.05, 0) is 51.7 Å². The van der Waals surface area contributed by atoms with Crippen molar-refractivity contribution in [3.8, 4) is 0 Å². The maximum absolute atomic E-state index is 12.5. The molecular formula is C18H28N2O2S. The number of amides is 1. The molecule has 1 aromatic heterocycles. The van der Waals surface area contributed by atoms with E-state index in [1.807, 2.05) is 31.9 Å². The van der Waals surface area contributed by atoms with Crippen molar-refractivity contribution in [3.05, 3.63) is 23.9 Å². The summed E-state index contributed by atoms with van der Waals surface area (Å²) in [6.45, 7) is 10.8. The third-order valence-corrected chi connectivity index (χ3v) is 4.59. The van der Waals surface area contributed by atoms with Crippen molar-refractivity contribution in [2.45, 2.75) is 75.8 Å². The van der Waals surface area contributed by atoms with E-state index in [9.17, 15) is 4.79 Å². The van der Waals surface area contributed by atoms with E-state index in [-0.39, 0.29) is 12.1 Å². The number of aromatic nitrogens is 1. The molecule has 1 saturated heterocycles. The van der Waals surface area contributed by atoms with E-state index in [1.54, 1.807) is 11.8 Å². The first-order valence-corrected chi connectivity index (χ1v) is 9.26. The Morgan fingerprint density at radius 3 is 2.65 bits per heavy atom. The van der Waals surface area contributed by atoms with Crippen molar-refractivity contribution in [1.29, 1.82) is 0 Å². The lowest BCUT2D eigenvalue weighted by Crippen LogP contribution is -2.41. The van der Waals surface area contributed by atoms with Crippen molar-refractivity contribution in [2.75, 3.05) is 6.54 Å². The second-order valence-corrected chi connectivity index (χ2v) is 8.88. The zero-order chi connectivity index (χ0) is 17.0. The molecule has 0 bridgehead atoms. The molecule has 1 aliphatic rings. The first-order valence-electron chi connectivity index (χ1n) is 8.38. The Bertz CT molecular complexity index is 523. The number of carbonyl (C=O) groups excluding carboxylic acids is 1. The van der Waals surface area contributed by atoms with Gasteiger partial charge in [0.25, 0.3) is 0 Å². The average molecular weight is 337 g/mol. The first kappa shape index (κ1) is 18.1. The van der Waals surface area contributed by atoms with E-state index in [0.29, 0.717) is 5.25 Å². The topological polar surface area (TPSA) is 42.4 Å². The lowest BCUT2D eigenvalue weighted by atomic mass is 9.97. The fraction of sp³-hybridized carbons (Fsp3) is 0.667. The van der Waals surface area contributed by atoms with Gasteiger partial charge in [0.05, 0.1) is 11.1 Å². The van der Waals surface area contributed by atoms with Crippen molar-refractivity contribution in [1.82, 2.24) is 9.88 Å². The number of hydrogen-bond acceptors (Lipinski definition) is 4. The summed E-state index contributed by atoms with van der Waals surface area (Å²) in [6.07, 6.45) is 4.83. The van der Waals surface area contributed by atoms with E-state index in [2.05, 4.69) is 31.0 Å². The van der Waals surface area contributed by atoms with Crippen molar-refractivity contribution < 1.29 is 9.53 Å². The van der Waals surface area contributed by atoms with Crippen LogP contribution in [0.2, 0.25) is 0 Å². The van der Waals surface area contributed by atoms with Gasteiger partial charge in [0.15, 0.2) is 0 Å². The monoisotopic (exact) mass is 336 g/mol. The zero-order valence-corrected chi connectivity index (χ0v) is 15.7. The summed E-state index contributed by atoms with van der Waals surface area (Å²) < 4.78 is 5.57. The molecule has 0 aromatic carbocycles. The van der Waals surface area contributed by atoms with Crippen LogP contribution in [0.5, 0.6) is 0 Å². The normalized spacial score (nSPS) is 19.0. The summed E-state index contributed by atoms with van der Waals surface area (Å²) in [6, 6.07) is 4.23. The van der Waals surface area contributed by atoms with Gasteiger partial charge < -0.3 is 9.64 Å². The van der Waals surface area contributed by atoms with Crippen LogP contribution < -0.4 is 0 Å². The molecule has 0 saturated carbocycles. The maximum Gasteiger partial charge on any atom is 0.410 e. The van der Waals surface area contributed by atoms with Gasteiger partial charge >= 0.3 is 6.09 Å². The molecule has 23 heavy (non-hydrogen) atoms. The summed E-state index contributed by atoms with van der Waals surface area (Å²) in [5.41, 5.74) is 0.637. The lowest BCUT2D eigenvalue weighted by Gasteiger charge is -2.36. The second-order valence-electron chi connectivity index (χ2n) is 7.28. The van der Waals surface area contributed by atoms with Crippen LogP contribution in [0.25, 0.3) is 0 Å². The standard InChI is InChI=1S/C18H28N2O2S/c1-13(2)23-16-10-9-14(12-19-16)15-8-6-7-11-20(15)17(21)22-18(3,4)5/h9-10,12-13,15H,6-8,11H2,1-5H3/t15-/m0/s1. The third kappa shape index (κ3) is 5.41. The molecule has 1 aliphatic heterocycles. The number of thioether (sulfide) groups is 1. The Balaban J connectivity index is 2.13. The van der Waals surface area contributed by atoms with Gasteiger partial charge in [-0.3, -0.25) is 0 Å². The molecule has 5 heteroatoms. The van der Waals surface area contributed by atoms with Crippen LogP contribution in [0.3, 0.4) is 0 Å². The molecule has 0 aliphatic carbocycles. The molecule has 0 radical (unpaired) electrons. The van der Waals surface area contributed by atoms with Gasteiger partial charge in [0.1, 0.15) is 5.60 Å². The minimum atomic E-state index is -0.463. The number of rotatable bonds is 3. The van der Waals surface area contributed by atoms with Gasteiger partial charge in [-0.2, -0.15) is 0 Å². The minimum absolute atomic E-state index is 0.0733. The summed E-state index contributed by atoms with van der Waals surface area (Å²) in [7, 11) is 0. The largest absolute Gasteiger partial charge is 0.444 e. The van der Waals surface area contributed by atoms with Gasteiger partial charge in [-0.1, -0.05) is 19.9 Å². The molecule has 128 valence electrons. The Labute approximate surface area is 144 Å². The number of likely N-dealkylation sites (tertiary alicyclic amines) is 1. The van der Waals surface area contributed by atoms with E-state index in [1.165, 1.54) is 0 Å².